The molecule has 1 amide bonds. The van der Waals surface area contributed by atoms with Crippen LogP contribution in [0.3, 0.4) is 0 Å². The van der Waals surface area contributed by atoms with E-state index in [1.807, 2.05) is 6.07 Å². The highest BCUT2D eigenvalue weighted by atomic mass is 35.5. The third-order valence-electron chi connectivity index (χ3n) is 4.69. The number of carbonyl (C=O) groups excluding carboxylic acids is 1. The number of nitrogens with two attached hydrogens (primary N) is 1. The van der Waals surface area contributed by atoms with E-state index < -0.39 is 12.2 Å². The number of aliphatic imine (C=N–C) groups is 1. The lowest BCUT2D eigenvalue weighted by Crippen LogP contribution is -2.41. The van der Waals surface area contributed by atoms with Gasteiger partial charge in [-0.3, -0.25) is 9.69 Å². The summed E-state index contributed by atoms with van der Waals surface area (Å²) >= 11 is 5.68. The van der Waals surface area contributed by atoms with Crippen LogP contribution in [0.1, 0.15) is 29.5 Å². The van der Waals surface area contributed by atoms with E-state index in [1.54, 1.807) is 18.2 Å². The molecule has 0 radical (unpaired) electrons. The zero-order valence-electron chi connectivity index (χ0n) is 16.2. The molecule has 1 unspecified atom stereocenters. The molecule has 1 heterocycles. The smallest absolute Gasteiger partial charge is 0.387 e. The monoisotopic (exact) mass is 431 g/mol. The van der Waals surface area contributed by atoms with Gasteiger partial charge in [0.15, 0.2) is 11.5 Å². The Morgan fingerprint density at radius 3 is 2.57 bits per heavy atom. The largest absolute Gasteiger partial charge is 0.435 e. The van der Waals surface area contributed by atoms with Gasteiger partial charge in [-0.1, -0.05) is 36.1 Å². The molecule has 156 valence electrons. The minimum atomic E-state index is -2.94. The minimum Gasteiger partial charge on any atom is -0.435 e. The molecule has 0 spiro atoms. The summed E-state index contributed by atoms with van der Waals surface area (Å²) in [4.78, 5) is 19.0. The number of nitrogens with zero attached hydrogens (tertiary/aromatic N) is 2. The second-order valence-electron chi connectivity index (χ2n) is 6.62. The van der Waals surface area contributed by atoms with Crippen molar-refractivity contribution in [1.29, 1.82) is 0 Å². The number of ether oxygens (including phenoxy) is 1. The molecule has 0 fully saturated rings. The van der Waals surface area contributed by atoms with Crippen LogP contribution in [-0.2, 0) is 10.3 Å². The van der Waals surface area contributed by atoms with Crippen molar-refractivity contribution >= 4 is 23.5 Å². The van der Waals surface area contributed by atoms with Gasteiger partial charge in [0.1, 0.15) is 5.75 Å². The molecule has 2 aromatic rings. The number of hydrogen-bond acceptors (Lipinski definition) is 4. The molecule has 3 rings (SSSR count). The van der Waals surface area contributed by atoms with Crippen LogP contribution < -0.4 is 10.5 Å². The summed E-state index contributed by atoms with van der Waals surface area (Å²) in [5.41, 5.74) is 6.30. The van der Waals surface area contributed by atoms with E-state index in [0.717, 1.165) is 12.0 Å². The fourth-order valence-electron chi connectivity index (χ4n) is 3.20. The Morgan fingerprint density at radius 2 is 1.97 bits per heavy atom. The molecule has 0 aliphatic carbocycles. The van der Waals surface area contributed by atoms with E-state index >= 15 is 0 Å². The normalized spacial score (nSPS) is 18.2. The van der Waals surface area contributed by atoms with Gasteiger partial charge in [-0.15, -0.1) is 11.6 Å². The topological polar surface area (TPSA) is 67.9 Å². The first-order valence-electron chi connectivity index (χ1n) is 9.22. The average molecular weight is 432 g/mol. The predicted octanol–water partition coefficient (Wildman–Crippen LogP) is 3.69. The van der Waals surface area contributed by atoms with Gasteiger partial charge in [-0.2, -0.15) is 8.78 Å². The minimum absolute atomic E-state index is 0.0152. The van der Waals surface area contributed by atoms with E-state index in [9.17, 15) is 13.6 Å². The molecule has 1 aliphatic heterocycles. The maximum atomic E-state index is 13.2. The molecule has 30 heavy (non-hydrogen) atoms. The Kier molecular flexibility index (Phi) is 6.58. The molecular formula is C22H20ClF2N3O2. The van der Waals surface area contributed by atoms with Gasteiger partial charge in [-0.05, 0) is 41.8 Å². The van der Waals surface area contributed by atoms with E-state index in [1.165, 1.54) is 36.2 Å². The van der Waals surface area contributed by atoms with E-state index in [-0.39, 0.29) is 17.6 Å². The Bertz CT molecular complexity index is 1020. The maximum absolute atomic E-state index is 13.2. The molecule has 2 N–H and O–H groups in total. The number of amides is 1. The third kappa shape index (κ3) is 4.24. The van der Waals surface area contributed by atoms with E-state index in [0.29, 0.717) is 23.4 Å². The van der Waals surface area contributed by atoms with Crippen molar-refractivity contribution in [2.45, 2.75) is 25.0 Å². The first-order valence-corrected chi connectivity index (χ1v) is 9.76. The number of benzene rings is 2. The van der Waals surface area contributed by atoms with Crippen molar-refractivity contribution in [3.63, 3.8) is 0 Å². The van der Waals surface area contributed by atoms with Gasteiger partial charge in [0, 0.05) is 24.9 Å². The zero-order chi connectivity index (χ0) is 21.7. The highest BCUT2D eigenvalue weighted by molar-refractivity contribution is 6.17. The average Bonchev–Trinajstić information content (AvgIpc) is 2.96. The van der Waals surface area contributed by atoms with Gasteiger partial charge in [-0.25, -0.2) is 4.99 Å². The summed E-state index contributed by atoms with van der Waals surface area (Å²) in [7, 11) is 1.53. The van der Waals surface area contributed by atoms with Gasteiger partial charge in [0.2, 0.25) is 0 Å². The number of halogens is 3. The molecule has 0 saturated carbocycles. The van der Waals surface area contributed by atoms with E-state index in [2.05, 4.69) is 21.6 Å². The van der Waals surface area contributed by atoms with Crippen LogP contribution in [0.2, 0.25) is 0 Å². The number of guanidine groups is 1. The summed E-state index contributed by atoms with van der Waals surface area (Å²) in [5.74, 6) is 6.35. The van der Waals surface area contributed by atoms with Crippen molar-refractivity contribution in [3.05, 3.63) is 65.2 Å². The second kappa shape index (κ2) is 9.14. The first kappa shape index (κ1) is 21.6. The van der Waals surface area contributed by atoms with Crippen LogP contribution in [-0.4, -0.2) is 36.3 Å². The molecule has 1 atom stereocenters. The van der Waals surface area contributed by atoms with Crippen LogP contribution in [0, 0.1) is 11.8 Å². The Hall–Kier alpha value is -3.11. The van der Waals surface area contributed by atoms with Gasteiger partial charge in [0.05, 0.1) is 0 Å². The fraction of sp³-hybridized carbons (Fsp3) is 0.273. The molecule has 0 bridgehead atoms. The molecule has 0 saturated heterocycles. The van der Waals surface area contributed by atoms with Crippen molar-refractivity contribution < 1.29 is 18.3 Å². The summed E-state index contributed by atoms with van der Waals surface area (Å²) in [6.07, 6.45) is 1.45. The van der Waals surface area contributed by atoms with Gasteiger partial charge in [0.25, 0.3) is 5.91 Å². The van der Waals surface area contributed by atoms with Crippen LogP contribution >= 0.6 is 11.6 Å². The molecular weight excluding hydrogens is 412 g/mol. The predicted molar refractivity (Wildman–Crippen MR) is 112 cm³/mol. The van der Waals surface area contributed by atoms with Crippen molar-refractivity contribution in [2.24, 2.45) is 10.7 Å². The lowest BCUT2D eigenvalue weighted by Gasteiger charge is -2.26. The quantitative estimate of drug-likeness (QED) is 0.431. The Balaban J connectivity index is 2.07. The van der Waals surface area contributed by atoms with Crippen LogP contribution in [0.15, 0.2) is 53.5 Å². The molecule has 5 nitrogen and oxygen atoms in total. The molecule has 8 heteroatoms. The SMILES string of the molecule is CN1C(=O)C(c2ccc(OC(F)F)cc2)(c2cccc(C#CCCCCl)c2)N=C1N. The molecule has 0 aromatic heterocycles. The van der Waals surface area contributed by atoms with Crippen molar-refractivity contribution in [1.82, 2.24) is 4.90 Å². The number of alkyl halides is 3. The highest BCUT2D eigenvalue weighted by Crippen LogP contribution is 2.40. The number of unbranched alkanes of at least 4 members (excludes halogenated alkanes) is 1. The van der Waals surface area contributed by atoms with Crippen molar-refractivity contribution in [3.8, 4) is 17.6 Å². The summed E-state index contributed by atoms with van der Waals surface area (Å²) in [6, 6.07) is 13.0. The van der Waals surface area contributed by atoms with E-state index in [4.69, 9.17) is 17.3 Å². The zero-order valence-corrected chi connectivity index (χ0v) is 17.0. The fourth-order valence-corrected chi connectivity index (χ4v) is 3.34. The van der Waals surface area contributed by atoms with Crippen LogP contribution in [0.5, 0.6) is 5.75 Å². The lowest BCUT2D eigenvalue weighted by atomic mass is 9.82. The number of likely N-dealkylation sites (N-methyl/N-ethyl adjacent to an activating group) is 1. The molecule has 2 aromatic carbocycles. The highest BCUT2D eigenvalue weighted by Gasteiger charge is 2.49. The summed E-state index contributed by atoms with van der Waals surface area (Å²) < 4.78 is 29.4. The van der Waals surface area contributed by atoms with Gasteiger partial charge < -0.3 is 10.5 Å². The summed E-state index contributed by atoms with van der Waals surface area (Å²) in [5, 5.41) is 0. The first-order chi connectivity index (χ1) is 14.4. The van der Waals surface area contributed by atoms with Gasteiger partial charge >= 0.3 is 6.61 Å². The number of hydrogen-bond donors (Lipinski definition) is 1. The second-order valence-corrected chi connectivity index (χ2v) is 7.00. The maximum Gasteiger partial charge on any atom is 0.387 e. The summed E-state index contributed by atoms with van der Waals surface area (Å²) in [6.45, 7) is -2.94. The standard InChI is InChI=1S/C22H20ClF2N3O2/c1-28-19(29)22(27-21(28)26,16-9-11-18(12-10-16)30-20(24)25)17-8-5-7-15(14-17)6-3-2-4-13-23/h5,7-12,14,20H,2,4,13H2,1H3,(H2,26,27). The Morgan fingerprint density at radius 1 is 1.23 bits per heavy atom. The third-order valence-corrected chi connectivity index (χ3v) is 4.95. The number of carbonyl (C=O) groups is 1. The molecule has 1 aliphatic rings. The van der Waals surface area contributed by atoms with Crippen LogP contribution in [0.4, 0.5) is 8.78 Å². The van der Waals surface area contributed by atoms with Crippen molar-refractivity contribution in [2.75, 3.05) is 12.9 Å². The van der Waals surface area contributed by atoms with Crippen LogP contribution in [0.25, 0.3) is 0 Å². The lowest BCUT2D eigenvalue weighted by molar-refractivity contribution is -0.129. The Labute approximate surface area is 178 Å². The number of rotatable bonds is 6.